The molecule has 0 saturated carbocycles. The van der Waals surface area contributed by atoms with E-state index in [1.54, 1.807) is 6.20 Å². The van der Waals surface area contributed by atoms with Gasteiger partial charge < -0.3 is 9.26 Å². The van der Waals surface area contributed by atoms with E-state index in [2.05, 4.69) is 22.2 Å². The molecule has 0 N–H and O–H groups in total. The Morgan fingerprint density at radius 3 is 2.62 bits per heavy atom. The Labute approximate surface area is 163 Å². The Morgan fingerprint density at radius 2 is 1.90 bits per heavy atom. The molecular weight excluding hydrogens is 385 g/mol. The SMILES string of the molecule is CCCn1ncc2cc(-c3noc(-c4ccc(OC)c(C(F)(F)F)c4)n3)ccc21. The second-order valence-corrected chi connectivity index (χ2v) is 6.48. The number of aryl methyl sites for hydroxylation is 1. The van der Waals surface area contributed by atoms with E-state index in [9.17, 15) is 13.2 Å². The molecule has 2 aromatic heterocycles. The number of rotatable bonds is 5. The molecule has 0 saturated heterocycles. The van der Waals surface area contributed by atoms with Gasteiger partial charge in [0.15, 0.2) is 0 Å². The number of hydrogen-bond donors (Lipinski definition) is 0. The van der Waals surface area contributed by atoms with Gasteiger partial charge in [0.05, 0.1) is 24.4 Å². The average molecular weight is 402 g/mol. The van der Waals surface area contributed by atoms with Crippen LogP contribution in [0.4, 0.5) is 13.2 Å². The van der Waals surface area contributed by atoms with Crippen LogP contribution in [0, 0.1) is 0 Å². The first-order chi connectivity index (χ1) is 13.9. The normalized spacial score (nSPS) is 11.9. The lowest BCUT2D eigenvalue weighted by atomic mass is 10.1. The highest BCUT2D eigenvalue weighted by atomic mass is 19.4. The van der Waals surface area contributed by atoms with E-state index < -0.39 is 11.7 Å². The van der Waals surface area contributed by atoms with Crippen molar-refractivity contribution in [2.75, 3.05) is 7.11 Å². The third kappa shape index (κ3) is 3.55. The molecule has 0 aliphatic carbocycles. The number of hydrogen-bond acceptors (Lipinski definition) is 5. The van der Waals surface area contributed by atoms with E-state index >= 15 is 0 Å². The monoisotopic (exact) mass is 402 g/mol. The van der Waals surface area contributed by atoms with Crippen molar-refractivity contribution < 1.29 is 22.4 Å². The van der Waals surface area contributed by atoms with Crippen LogP contribution in [-0.4, -0.2) is 27.0 Å². The van der Waals surface area contributed by atoms with Crippen LogP contribution in [0.15, 0.2) is 47.1 Å². The zero-order chi connectivity index (χ0) is 20.6. The molecule has 0 bridgehead atoms. The molecule has 4 aromatic rings. The van der Waals surface area contributed by atoms with Gasteiger partial charge in [-0.3, -0.25) is 4.68 Å². The average Bonchev–Trinajstić information content (AvgIpc) is 3.34. The lowest BCUT2D eigenvalue weighted by Gasteiger charge is -2.12. The van der Waals surface area contributed by atoms with Gasteiger partial charge in [-0.05, 0) is 42.8 Å². The zero-order valence-electron chi connectivity index (χ0n) is 15.7. The molecule has 2 heterocycles. The van der Waals surface area contributed by atoms with E-state index in [-0.39, 0.29) is 23.0 Å². The number of ether oxygens (including phenoxy) is 1. The summed E-state index contributed by atoms with van der Waals surface area (Å²) in [5.41, 5.74) is 0.938. The fourth-order valence-electron chi connectivity index (χ4n) is 3.14. The minimum absolute atomic E-state index is 0.00470. The van der Waals surface area contributed by atoms with Crippen LogP contribution in [0.25, 0.3) is 33.7 Å². The summed E-state index contributed by atoms with van der Waals surface area (Å²) in [5.74, 6) is 0.0139. The van der Waals surface area contributed by atoms with Crippen LogP contribution >= 0.6 is 0 Å². The highest BCUT2D eigenvalue weighted by Crippen LogP contribution is 2.38. The number of aromatic nitrogens is 4. The van der Waals surface area contributed by atoms with Crippen LogP contribution in [0.1, 0.15) is 18.9 Å². The third-order valence-corrected chi connectivity index (χ3v) is 4.51. The molecule has 6 nitrogen and oxygen atoms in total. The number of nitrogens with zero attached hydrogens (tertiary/aromatic N) is 4. The Kier molecular flexibility index (Phi) is 4.73. The van der Waals surface area contributed by atoms with Gasteiger partial charge in [0.1, 0.15) is 5.75 Å². The van der Waals surface area contributed by atoms with Gasteiger partial charge in [0.2, 0.25) is 5.82 Å². The first kappa shape index (κ1) is 19.0. The molecule has 0 amide bonds. The lowest BCUT2D eigenvalue weighted by Crippen LogP contribution is -2.07. The summed E-state index contributed by atoms with van der Waals surface area (Å²) in [6, 6.07) is 9.24. The van der Waals surface area contributed by atoms with E-state index in [1.165, 1.54) is 19.2 Å². The van der Waals surface area contributed by atoms with Crippen molar-refractivity contribution in [1.82, 2.24) is 19.9 Å². The predicted molar refractivity (Wildman–Crippen MR) is 100 cm³/mol. The highest BCUT2D eigenvalue weighted by molar-refractivity contribution is 5.83. The topological polar surface area (TPSA) is 66.0 Å². The molecule has 0 aliphatic heterocycles. The maximum absolute atomic E-state index is 13.3. The maximum Gasteiger partial charge on any atom is 0.419 e. The van der Waals surface area contributed by atoms with Crippen LogP contribution in [0.2, 0.25) is 0 Å². The van der Waals surface area contributed by atoms with Gasteiger partial charge in [-0.25, -0.2) is 0 Å². The zero-order valence-corrected chi connectivity index (χ0v) is 15.7. The summed E-state index contributed by atoms with van der Waals surface area (Å²) in [7, 11) is 1.19. The molecular formula is C20H17F3N4O2. The van der Waals surface area contributed by atoms with Gasteiger partial charge in [-0.2, -0.15) is 23.3 Å². The van der Waals surface area contributed by atoms with Crippen molar-refractivity contribution in [3.05, 3.63) is 48.2 Å². The van der Waals surface area contributed by atoms with Crippen LogP contribution < -0.4 is 4.74 Å². The van der Waals surface area contributed by atoms with E-state index in [0.717, 1.165) is 29.9 Å². The van der Waals surface area contributed by atoms with Gasteiger partial charge in [0, 0.05) is 23.1 Å². The van der Waals surface area contributed by atoms with Crippen molar-refractivity contribution in [2.45, 2.75) is 26.1 Å². The first-order valence-corrected chi connectivity index (χ1v) is 8.96. The van der Waals surface area contributed by atoms with Crippen LogP contribution in [0.5, 0.6) is 5.75 Å². The summed E-state index contributed by atoms with van der Waals surface area (Å²) >= 11 is 0. The largest absolute Gasteiger partial charge is 0.496 e. The lowest BCUT2D eigenvalue weighted by molar-refractivity contribution is -0.138. The molecule has 150 valence electrons. The Morgan fingerprint density at radius 1 is 1.10 bits per heavy atom. The smallest absolute Gasteiger partial charge is 0.419 e. The quantitative estimate of drug-likeness (QED) is 0.460. The van der Waals surface area contributed by atoms with Gasteiger partial charge >= 0.3 is 6.18 Å². The van der Waals surface area contributed by atoms with Crippen molar-refractivity contribution in [3.8, 4) is 28.6 Å². The predicted octanol–water partition coefficient (Wildman–Crippen LogP) is 5.19. The number of methoxy groups -OCH3 is 1. The van der Waals surface area contributed by atoms with E-state index in [4.69, 9.17) is 9.26 Å². The van der Waals surface area contributed by atoms with Gasteiger partial charge in [0.25, 0.3) is 5.89 Å². The second kappa shape index (κ2) is 7.23. The molecule has 0 radical (unpaired) electrons. The molecule has 0 unspecified atom stereocenters. The maximum atomic E-state index is 13.3. The summed E-state index contributed by atoms with van der Waals surface area (Å²) in [6.45, 7) is 2.89. The molecule has 4 rings (SSSR count). The molecule has 2 aromatic carbocycles. The number of fused-ring (bicyclic) bond motifs is 1. The minimum atomic E-state index is -4.56. The fraction of sp³-hybridized carbons (Fsp3) is 0.250. The van der Waals surface area contributed by atoms with Crippen molar-refractivity contribution in [1.29, 1.82) is 0 Å². The molecule has 0 fully saturated rings. The molecule has 9 heteroatoms. The standard InChI is InChI=1S/C20H17F3N4O2/c1-3-8-27-16-6-4-12(9-14(16)11-24-27)18-25-19(29-26-18)13-5-7-17(28-2)15(10-13)20(21,22)23/h4-7,9-11H,3,8H2,1-2H3. The summed E-state index contributed by atoms with van der Waals surface area (Å²) < 4.78 is 51.7. The van der Waals surface area contributed by atoms with E-state index in [1.807, 2.05) is 22.9 Å². The number of alkyl halides is 3. The van der Waals surface area contributed by atoms with Gasteiger partial charge in [-0.15, -0.1) is 0 Å². The Hall–Kier alpha value is -3.36. The second-order valence-electron chi connectivity index (χ2n) is 6.48. The van der Waals surface area contributed by atoms with Crippen LogP contribution in [-0.2, 0) is 12.7 Å². The van der Waals surface area contributed by atoms with Crippen molar-refractivity contribution >= 4 is 10.9 Å². The molecule has 0 aliphatic rings. The van der Waals surface area contributed by atoms with Crippen molar-refractivity contribution in [2.24, 2.45) is 0 Å². The summed E-state index contributed by atoms with van der Waals surface area (Å²) in [5, 5.41) is 9.20. The first-order valence-electron chi connectivity index (χ1n) is 8.96. The third-order valence-electron chi connectivity index (χ3n) is 4.51. The summed E-state index contributed by atoms with van der Waals surface area (Å²) in [4.78, 5) is 4.27. The Balaban J connectivity index is 1.69. The van der Waals surface area contributed by atoms with E-state index in [0.29, 0.717) is 5.56 Å². The van der Waals surface area contributed by atoms with Crippen molar-refractivity contribution in [3.63, 3.8) is 0 Å². The molecule has 0 atom stereocenters. The molecule has 29 heavy (non-hydrogen) atoms. The highest BCUT2D eigenvalue weighted by Gasteiger charge is 2.35. The van der Waals surface area contributed by atoms with Crippen LogP contribution in [0.3, 0.4) is 0 Å². The Bertz CT molecular complexity index is 1160. The molecule has 0 spiro atoms. The number of halogens is 3. The summed E-state index contributed by atoms with van der Waals surface area (Å²) in [6.07, 6.45) is -1.84. The number of benzene rings is 2. The minimum Gasteiger partial charge on any atom is -0.496 e. The fourth-order valence-corrected chi connectivity index (χ4v) is 3.14. The van der Waals surface area contributed by atoms with Gasteiger partial charge in [-0.1, -0.05) is 12.1 Å².